The molecule has 0 aliphatic rings. The minimum atomic E-state index is -0.392. The zero-order valence-electron chi connectivity index (χ0n) is 9.22. The Morgan fingerprint density at radius 1 is 1.50 bits per heavy atom. The molecule has 0 aromatic heterocycles. The van der Waals surface area contributed by atoms with E-state index in [1.807, 2.05) is 6.92 Å². The van der Waals surface area contributed by atoms with Gasteiger partial charge in [0.05, 0.1) is 11.5 Å². The van der Waals surface area contributed by atoms with Crippen LogP contribution in [0.1, 0.15) is 18.9 Å². The van der Waals surface area contributed by atoms with Crippen molar-refractivity contribution in [3.63, 3.8) is 0 Å². The van der Waals surface area contributed by atoms with Crippen LogP contribution >= 0.6 is 0 Å². The van der Waals surface area contributed by atoms with Crippen LogP contribution in [0.5, 0.6) is 0 Å². The van der Waals surface area contributed by atoms with E-state index in [1.165, 1.54) is 6.07 Å². The van der Waals surface area contributed by atoms with Gasteiger partial charge < -0.3 is 10.4 Å². The van der Waals surface area contributed by atoms with Crippen LogP contribution in [0, 0.1) is 10.1 Å². The van der Waals surface area contributed by atoms with E-state index in [1.54, 1.807) is 18.2 Å². The number of nitrogens with zero attached hydrogens (tertiary/aromatic N) is 1. The highest BCUT2D eigenvalue weighted by Gasteiger charge is 2.13. The Balaban J connectivity index is 2.69. The summed E-state index contributed by atoms with van der Waals surface area (Å²) in [7, 11) is 0. The lowest BCUT2D eigenvalue weighted by atomic mass is 10.1. The van der Waals surface area contributed by atoms with Crippen LogP contribution in [0.3, 0.4) is 0 Å². The van der Waals surface area contributed by atoms with Crippen LogP contribution < -0.4 is 5.32 Å². The molecule has 0 fully saturated rings. The van der Waals surface area contributed by atoms with Crippen molar-refractivity contribution in [2.24, 2.45) is 0 Å². The third-order valence-electron chi connectivity index (χ3n) is 2.48. The predicted octanol–water partition coefficient (Wildman–Crippen LogP) is 1.46. The molecule has 0 unspecified atom stereocenters. The van der Waals surface area contributed by atoms with E-state index in [2.05, 4.69) is 5.32 Å². The standard InChI is InChI=1S/C11H16N2O3/c1-2-10(8-14)12-7-9-5-3-4-6-11(9)13(15)16/h3-6,10,12,14H,2,7-8H2,1H3/t10-/m0/s1. The van der Waals surface area contributed by atoms with Crippen LogP contribution in [0.25, 0.3) is 0 Å². The van der Waals surface area contributed by atoms with Gasteiger partial charge in [-0.1, -0.05) is 25.1 Å². The SMILES string of the molecule is CC[C@@H](CO)NCc1ccccc1[N+](=O)[O-]. The smallest absolute Gasteiger partial charge is 0.273 e. The first-order valence-corrected chi connectivity index (χ1v) is 5.25. The molecule has 0 saturated carbocycles. The average Bonchev–Trinajstić information content (AvgIpc) is 2.30. The highest BCUT2D eigenvalue weighted by Crippen LogP contribution is 2.17. The largest absolute Gasteiger partial charge is 0.395 e. The summed E-state index contributed by atoms with van der Waals surface area (Å²) in [5.74, 6) is 0. The van der Waals surface area contributed by atoms with Crippen molar-refractivity contribution in [1.29, 1.82) is 0 Å². The van der Waals surface area contributed by atoms with Gasteiger partial charge in [-0.2, -0.15) is 0 Å². The number of nitrogens with one attached hydrogen (secondary N) is 1. The molecule has 1 rings (SSSR count). The molecule has 1 atom stereocenters. The van der Waals surface area contributed by atoms with Gasteiger partial charge in [0.15, 0.2) is 0 Å². The number of aliphatic hydroxyl groups is 1. The first kappa shape index (κ1) is 12.6. The summed E-state index contributed by atoms with van der Waals surface area (Å²) in [6, 6.07) is 6.60. The number of aliphatic hydroxyl groups excluding tert-OH is 1. The number of hydrogen-bond acceptors (Lipinski definition) is 4. The van der Waals surface area contributed by atoms with Crippen molar-refractivity contribution in [3.05, 3.63) is 39.9 Å². The summed E-state index contributed by atoms with van der Waals surface area (Å²) in [6.07, 6.45) is 0.789. The second-order valence-corrected chi connectivity index (χ2v) is 3.55. The van der Waals surface area contributed by atoms with Gasteiger partial charge in [-0.25, -0.2) is 0 Å². The Labute approximate surface area is 94.3 Å². The molecular formula is C11H16N2O3. The Morgan fingerprint density at radius 2 is 2.19 bits per heavy atom. The molecule has 0 amide bonds. The number of para-hydroxylation sites is 1. The third kappa shape index (κ3) is 3.29. The minimum absolute atomic E-state index is 0.0141. The highest BCUT2D eigenvalue weighted by molar-refractivity contribution is 5.39. The summed E-state index contributed by atoms with van der Waals surface area (Å²) in [5.41, 5.74) is 0.752. The molecule has 0 saturated heterocycles. The minimum Gasteiger partial charge on any atom is -0.395 e. The monoisotopic (exact) mass is 224 g/mol. The maximum atomic E-state index is 10.7. The van der Waals surface area contributed by atoms with E-state index < -0.39 is 4.92 Å². The molecule has 0 aliphatic heterocycles. The molecule has 1 aromatic carbocycles. The molecular weight excluding hydrogens is 208 g/mol. The van der Waals surface area contributed by atoms with Crippen molar-refractivity contribution in [3.8, 4) is 0 Å². The topological polar surface area (TPSA) is 75.4 Å². The molecule has 88 valence electrons. The maximum absolute atomic E-state index is 10.7. The van der Waals surface area contributed by atoms with Gasteiger partial charge in [0.25, 0.3) is 5.69 Å². The van der Waals surface area contributed by atoms with Crippen LogP contribution in [-0.4, -0.2) is 22.7 Å². The second-order valence-electron chi connectivity index (χ2n) is 3.55. The van der Waals surface area contributed by atoms with Gasteiger partial charge in [0, 0.05) is 24.2 Å². The van der Waals surface area contributed by atoms with Gasteiger partial charge in [0.1, 0.15) is 0 Å². The first-order valence-electron chi connectivity index (χ1n) is 5.25. The van der Waals surface area contributed by atoms with E-state index in [9.17, 15) is 10.1 Å². The van der Waals surface area contributed by atoms with E-state index in [0.717, 1.165) is 6.42 Å². The third-order valence-corrected chi connectivity index (χ3v) is 2.48. The van der Waals surface area contributed by atoms with E-state index >= 15 is 0 Å². The lowest BCUT2D eigenvalue weighted by Gasteiger charge is -2.13. The van der Waals surface area contributed by atoms with Crippen LogP contribution in [0.2, 0.25) is 0 Å². The Kier molecular flexibility index (Phi) is 4.88. The van der Waals surface area contributed by atoms with Crippen molar-refractivity contribution >= 4 is 5.69 Å². The molecule has 2 N–H and O–H groups in total. The average molecular weight is 224 g/mol. The Morgan fingerprint density at radius 3 is 2.75 bits per heavy atom. The number of hydrogen-bond donors (Lipinski definition) is 2. The second kappa shape index (κ2) is 6.19. The van der Waals surface area contributed by atoms with E-state index in [-0.39, 0.29) is 18.3 Å². The highest BCUT2D eigenvalue weighted by atomic mass is 16.6. The number of rotatable bonds is 6. The maximum Gasteiger partial charge on any atom is 0.273 e. The summed E-state index contributed by atoms with van der Waals surface area (Å²) in [4.78, 5) is 10.3. The normalized spacial score (nSPS) is 12.4. The van der Waals surface area contributed by atoms with Crippen molar-refractivity contribution in [1.82, 2.24) is 5.32 Å². The van der Waals surface area contributed by atoms with E-state index in [4.69, 9.17) is 5.11 Å². The lowest BCUT2D eigenvalue weighted by molar-refractivity contribution is -0.385. The molecule has 0 aliphatic carbocycles. The molecule has 0 spiro atoms. The summed E-state index contributed by atoms with van der Waals surface area (Å²) in [6.45, 7) is 2.39. The predicted molar refractivity (Wildman–Crippen MR) is 61.1 cm³/mol. The molecule has 5 heteroatoms. The number of benzene rings is 1. The van der Waals surface area contributed by atoms with Gasteiger partial charge in [0.2, 0.25) is 0 Å². The van der Waals surface area contributed by atoms with Crippen molar-refractivity contribution in [2.45, 2.75) is 25.9 Å². The van der Waals surface area contributed by atoms with E-state index in [0.29, 0.717) is 12.1 Å². The Bertz CT molecular complexity index is 351. The zero-order valence-corrected chi connectivity index (χ0v) is 9.22. The zero-order chi connectivity index (χ0) is 12.0. The molecule has 0 bridgehead atoms. The fraction of sp³-hybridized carbons (Fsp3) is 0.455. The fourth-order valence-electron chi connectivity index (χ4n) is 1.43. The number of nitro benzene ring substituents is 1. The van der Waals surface area contributed by atoms with Crippen LogP contribution in [-0.2, 0) is 6.54 Å². The van der Waals surface area contributed by atoms with Crippen molar-refractivity contribution in [2.75, 3.05) is 6.61 Å². The van der Waals surface area contributed by atoms with Gasteiger partial charge in [-0.05, 0) is 6.42 Å². The van der Waals surface area contributed by atoms with Gasteiger partial charge in [-0.15, -0.1) is 0 Å². The van der Waals surface area contributed by atoms with Gasteiger partial charge >= 0.3 is 0 Å². The van der Waals surface area contributed by atoms with Crippen LogP contribution in [0.15, 0.2) is 24.3 Å². The fourth-order valence-corrected chi connectivity index (χ4v) is 1.43. The molecule has 5 nitrogen and oxygen atoms in total. The molecule has 0 radical (unpaired) electrons. The first-order chi connectivity index (χ1) is 7.69. The molecule has 16 heavy (non-hydrogen) atoms. The summed E-state index contributed by atoms with van der Waals surface area (Å²) >= 11 is 0. The molecule has 1 aromatic rings. The van der Waals surface area contributed by atoms with Crippen LogP contribution in [0.4, 0.5) is 5.69 Å². The summed E-state index contributed by atoms with van der Waals surface area (Å²) in [5, 5.41) is 22.8. The summed E-state index contributed by atoms with van der Waals surface area (Å²) < 4.78 is 0. The Hall–Kier alpha value is -1.46. The number of nitro groups is 1. The molecule has 0 heterocycles. The van der Waals surface area contributed by atoms with Gasteiger partial charge in [-0.3, -0.25) is 10.1 Å². The lowest BCUT2D eigenvalue weighted by Crippen LogP contribution is -2.31. The quantitative estimate of drug-likeness (QED) is 0.566. The van der Waals surface area contributed by atoms with Crippen molar-refractivity contribution < 1.29 is 10.0 Å².